The average Bonchev–Trinajstić information content (AvgIpc) is 2.99. The number of aryl methyl sites for hydroxylation is 1. The van der Waals surface area contributed by atoms with E-state index in [0.717, 1.165) is 17.7 Å². The Morgan fingerprint density at radius 2 is 1.91 bits per heavy atom. The number of nitrogens with zero attached hydrogens (tertiary/aromatic N) is 4. The summed E-state index contributed by atoms with van der Waals surface area (Å²) in [6.07, 6.45) is 6.70. The summed E-state index contributed by atoms with van der Waals surface area (Å²) in [6, 6.07) is 10.7. The molecule has 2 heterocycles. The molecule has 2 aromatic heterocycles. The van der Waals surface area contributed by atoms with Crippen LogP contribution < -0.4 is 0 Å². The van der Waals surface area contributed by atoms with Crippen molar-refractivity contribution in [3.63, 3.8) is 0 Å². The number of benzene rings is 1. The van der Waals surface area contributed by atoms with E-state index in [1.54, 1.807) is 17.8 Å². The van der Waals surface area contributed by atoms with Gasteiger partial charge in [0.25, 0.3) is 5.78 Å². The zero-order valence-electron chi connectivity index (χ0n) is 13.7. The molecule has 0 saturated carbocycles. The van der Waals surface area contributed by atoms with Crippen LogP contribution in [0.5, 0.6) is 0 Å². The number of ether oxygens (including phenoxy) is 1. The molecule has 0 spiro atoms. The van der Waals surface area contributed by atoms with E-state index in [1.807, 2.05) is 6.07 Å². The Balaban J connectivity index is 1.87. The van der Waals surface area contributed by atoms with E-state index in [-0.39, 0.29) is 0 Å². The maximum atomic E-state index is 5.10. The van der Waals surface area contributed by atoms with Gasteiger partial charge in [0.1, 0.15) is 6.61 Å². The summed E-state index contributed by atoms with van der Waals surface area (Å²) in [5, 5.41) is 4.48. The topological polar surface area (TPSA) is 52.3 Å². The molecule has 3 rings (SSSR count). The van der Waals surface area contributed by atoms with Crippen LogP contribution in [0.15, 0.2) is 36.5 Å². The summed E-state index contributed by atoms with van der Waals surface area (Å²) in [4.78, 5) is 8.64. The zero-order valence-corrected chi connectivity index (χ0v) is 13.7. The third-order valence-electron chi connectivity index (χ3n) is 3.88. The van der Waals surface area contributed by atoms with Gasteiger partial charge in [-0.3, -0.25) is 0 Å². The second-order valence-corrected chi connectivity index (χ2v) is 5.66. The van der Waals surface area contributed by atoms with E-state index in [1.165, 1.54) is 24.8 Å². The normalized spacial score (nSPS) is 11.2. The molecule has 3 aromatic rings. The molecule has 0 radical (unpaired) electrons. The molecule has 0 amide bonds. The number of methoxy groups -OCH3 is 1. The van der Waals surface area contributed by atoms with E-state index in [2.05, 4.69) is 46.3 Å². The van der Waals surface area contributed by atoms with Gasteiger partial charge < -0.3 is 4.74 Å². The fourth-order valence-corrected chi connectivity index (χ4v) is 2.67. The van der Waals surface area contributed by atoms with Crippen molar-refractivity contribution < 1.29 is 4.74 Å². The summed E-state index contributed by atoms with van der Waals surface area (Å²) < 4.78 is 6.88. The van der Waals surface area contributed by atoms with Gasteiger partial charge >= 0.3 is 0 Å². The minimum Gasteiger partial charge on any atom is -0.377 e. The SMILES string of the molecule is CCCCCc1ccc(-c2ccnc3nc(COC)nn23)cc1. The highest BCUT2D eigenvalue weighted by Gasteiger charge is 2.09. The van der Waals surface area contributed by atoms with Crippen LogP contribution in [0, 0.1) is 0 Å². The van der Waals surface area contributed by atoms with Crippen LogP contribution in [0.25, 0.3) is 17.0 Å². The number of hydrogen-bond donors (Lipinski definition) is 0. The Bertz CT molecular complexity index is 764. The second kappa shape index (κ2) is 7.33. The highest BCUT2D eigenvalue weighted by molar-refractivity contribution is 5.61. The number of unbranched alkanes of at least 4 members (excludes halogenated alkanes) is 2. The summed E-state index contributed by atoms with van der Waals surface area (Å²) in [6.45, 7) is 2.62. The lowest BCUT2D eigenvalue weighted by molar-refractivity contribution is 0.178. The lowest BCUT2D eigenvalue weighted by Gasteiger charge is -2.05. The summed E-state index contributed by atoms with van der Waals surface area (Å²) in [7, 11) is 1.64. The minimum atomic E-state index is 0.388. The molecule has 5 nitrogen and oxygen atoms in total. The lowest BCUT2D eigenvalue weighted by Crippen LogP contribution is -1.97. The molecule has 0 aliphatic rings. The maximum Gasteiger partial charge on any atom is 0.253 e. The van der Waals surface area contributed by atoms with Gasteiger partial charge in [-0.1, -0.05) is 44.0 Å². The fraction of sp³-hybridized carbons (Fsp3) is 0.389. The van der Waals surface area contributed by atoms with Gasteiger partial charge in [0.15, 0.2) is 5.82 Å². The van der Waals surface area contributed by atoms with Gasteiger partial charge in [-0.05, 0) is 24.5 Å². The molecule has 120 valence electrons. The Labute approximate surface area is 136 Å². The van der Waals surface area contributed by atoms with Crippen molar-refractivity contribution >= 4 is 5.78 Å². The van der Waals surface area contributed by atoms with Crippen molar-refractivity contribution in [3.8, 4) is 11.3 Å². The molecule has 0 fully saturated rings. The predicted molar refractivity (Wildman–Crippen MR) is 90.2 cm³/mol. The third-order valence-corrected chi connectivity index (χ3v) is 3.88. The van der Waals surface area contributed by atoms with Gasteiger partial charge in [0, 0.05) is 18.9 Å². The Hall–Kier alpha value is -2.27. The first-order valence-corrected chi connectivity index (χ1v) is 8.10. The maximum absolute atomic E-state index is 5.10. The van der Waals surface area contributed by atoms with Gasteiger partial charge in [-0.15, -0.1) is 5.10 Å². The van der Waals surface area contributed by atoms with E-state index in [0.29, 0.717) is 18.2 Å². The lowest BCUT2D eigenvalue weighted by atomic mass is 10.0. The Morgan fingerprint density at radius 3 is 2.65 bits per heavy atom. The summed E-state index contributed by atoms with van der Waals surface area (Å²) in [5.41, 5.74) is 3.49. The van der Waals surface area contributed by atoms with Gasteiger partial charge in [-0.25, -0.2) is 4.98 Å². The molecular formula is C18H22N4O. The van der Waals surface area contributed by atoms with Crippen LogP contribution >= 0.6 is 0 Å². The average molecular weight is 310 g/mol. The van der Waals surface area contributed by atoms with Crippen LogP contribution in [0.4, 0.5) is 0 Å². The number of fused-ring (bicyclic) bond motifs is 1. The van der Waals surface area contributed by atoms with Crippen molar-refractivity contribution in [2.24, 2.45) is 0 Å². The van der Waals surface area contributed by atoms with E-state index in [9.17, 15) is 0 Å². The van der Waals surface area contributed by atoms with Crippen LogP contribution in [-0.2, 0) is 17.8 Å². The highest BCUT2D eigenvalue weighted by atomic mass is 16.5. The smallest absolute Gasteiger partial charge is 0.253 e. The van der Waals surface area contributed by atoms with Gasteiger partial charge in [0.05, 0.1) is 5.69 Å². The van der Waals surface area contributed by atoms with Crippen LogP contribution in [-0.4, -0.2) is 26.7 Å². The first-order valence-electron chi connectivity index (χ1n) is 8.10. The van der Waals surface area contributed by atoms with Crippen LogP contribution in [0.1, 0.15) is 37.6 Å². The minimum absolute atomic E-state index is 0.388. The van der Waals surface area contributed by atoms with Crippen LogP contribution in [0.3, 0.4) is 0 Å². The number of rotatable bonds is 7. The third kappa shape index (κ3) is 3.56. The van der Waals surface area contributed by atoms with Crippen molar-refractivity contribution in [2.45, 2.75) is 39.2 Å². The largest absolute Gasteiger partial charge is 0.377 e. The predicted octanol–water partition coefficient (Wildman–Crippen LogP) is 3.67. The quantitative estimate of drug-likeness (QED) is 0.625. The summed E-state index contributed by atoms with van der Waals surface area (Å²) >= 11 is 0. The molecule has 1 aromatic carbocycles. The van der Waals surface area contributed by atoms with Crippen molar-refractivity contribution in [1.82, 2.24) is 19.6 Å². The monoisotopic (exact) mass is 310 g/mol. The standard InChI is InChI=1S/C18H22N4O/c1-3-4-5-6-14-7-9-15(10-8-14)16-11-12-19-18-20-17(13-23-2)21-22(16)18/h7-12H,3-6,13H2,1-2H3. The molecule has 0 N–H and O–H groups in total. The van der Waals surface area contributed by atoms with Crippen molar-refractivity contribution in [3.05, 3.63) is 47.9 Å². The van der Waals surface area contributed by atoms with Gasteiger partial charge in [-0.2, -0.15) is 9.50 Å². The second-order valence-electron chi connectivity index (χ2n) is 5.66. The Kier molecular flexibility index (Phi) is 4.98. The van der Waals surface area contributed by atoms with Crippen molar-refractivity contribution in [2.75, 3.05) is 7.11 Å². The summed E-state index contributed by atoms with van der Waals surface area (Å²) in [5.74, 6) is 1.24. The first kappa shape index (κ1) is 15.6. The molecular weight excluding hydrogens is 288 g/mol. The fourth-order valence-electron chi connectivity index (χ4n) is 2.67. The number of aromatic nitrogens is 4. The molecule has 0 unspecified atom stereocenters. The number of hydrogen-bond acceptors (Lipinski definition) is 4. The zero-order chi connectivity index (χ0) is 16.1. The molecule has 0 bridgehead atoms. The molecule has 0 atom stereocenters. The van der Waals surface area contributed by atoms with E-state index in [4.69, 9.17) is 4.74 Å². The molecule has 0 aliphatic carbocycles. The molecule has 5 heteroatoms. The first-order chi connectivity index (χ1) is 11.3. The van der Waals surface area contributed by atoms with Gasteiger partial charge in [0.2, 0.25) is 0 Å². The Morgan fingerprint density at radius 1 is 1.09 bits per heavy atom. The van der Waals surface area contributed by atoms with E-state index < -0.39 is 0 Å². The molecule has 0 saturated heterocycles. The molecule has 0 aliphatic heterocycles. The van der Waals surface area contributed by atoms with Crippen LogP contribution in [0.2, 0.25) is 0 Å². The van der Waals surface area contributed by atoms with E-state index >= 15 is 0 Å². The van der Waals surface area contributed by atoms with Crippen molar-refractivity contribution in [1.29, 1.82) is 0 Å². The molecule has 23 heavy (non-hydrogen) atoms. The highest BCUT2D eigenvalue weighted by Crippen LogP contribution is 2.20.